The van der Waals surface area contributed by atoms with E-state index in [0.717, 1.165) is 17.7 Å². The summed E-state index contributed by atoms with van der Waals surface area (Å²) >= 11 is 0. The number of carbonyl (C=O) groups excluding carboxylic acids is 2. The summed E-state index contributed by atoms with van der Waals surface area (Å²) in [7, 11) is 0. The number of rotatable bonds is 4. The molecule has 30 heavy (non-hydrogen) atoms. The van der Waals surface area contributed by atoms with Crippen LogP contribution in [-0.4, -0.2) is 53.8 Å². The van der Waals surface area contributed by atoms with Crippen molar-refractivity contribution in [2.45, 2.75) is 31.3 Å². The van der Waals surface area contributed by atoms with Gasteiger partial charge in [0, 0.05) is 30.4 Å². The molecule has 0 aliphatic carbocycles. The number of aliphatic hydroxyl groups excluding tert-OH is 1. The van der Waals surface area contributed by atoms with Crippen molar-refractivity contribution < 1.29 is 19.1 Å². The van der Waals surface area contributed by atoms with E-state index in [2.05, 4.69) is 10.6 Å². The van der Waals surface area contributed by atoms with E-state index >= 15 is 0 Å². The molecule has 4 amide bonds. The molecule has 8 heteroatoms. The van der Waals surface area contributed by atoms with Crippen molar-refractivity contribution in [3.05, 3.63) is 59.9 Å². The van der Waals surface area contributed by atoms with Crippen molar-refractivity contribution in [1.82, 2.24) is 10.2 Å². The second kappa shape index (κ2) is 8.31. The third-order valence-corrected chi connectivity index (χ3v) is 5.79. The van der Waals surface area contributed by atoms with Crippen LogP contribution in [0.2, 0.25) is 0 Å². The van der Waals surface area contributed by atoms with Crippen LogP contribution in [0.25, 0.3) is 0 Å². The van der Waals surface area contributed by atoms with Gasteiger partial charge < -0.3 is 20.6 Å². The Hall–Kier alpha value is -3.13. The number of hydrogen-bond acceptors (Lipinski definition) is 3. The van der Waals surface area contributed by atoms with Gasteiger partial charge in [-0.15, -0.1) is 0 Å². The molecule has 2 aliphatic rings. The predicted octanol–water partition coefficient (Wildman–Crippen LogP) is 3.13. The van der Waals surface area contributed by atoms with Gasteiger partial charge in [-0.2, -0.15) is 0 Å². The van der Waals surface area contributed by atoms with E-state index in [-0.39, 0.29) is 36.4 Å². The lowest BCUT2D eigenvalue weighted by atomic mass is 9.72. The molecule has 7 nitrogen and oxygen atoms in total. The molecule has 0 spiro atoms. The molecule has 0 aromatic heterocycles. The standard InChI is InChI=1S/C22H25FN4O3/c1-2-11-24-21(29)26-12-18-20(16-5-3-4-6-17(16)26)19(13-28)27(18)22(30)25-15-9-7-14(23)8-10-15/h3-10,18-20,28H,2,11-13H2,1H3,(H,24,29)(H,25,30)/t18-,19-,20+/m1/s1. The van der Waals surface area contributed by atoms with E-state index in [1.807, 2.05) is 31.2 Å². The van der Waals surface area contributed by atoms with Gasteiger partial charge in [-0.25, -0.2) is 14.0 Å². The van der Waals surface area contributed by atoms with Crippen molar-refractivity contribution >= 4 is 23.4 Å². The Kier molecular flexibility index (Phi) is 5.59. The SMILES string of the molecule is CCCNC(=O)N1C[C@@H]2[C@H](c3ccccc31)[C@@H](CO)N2C(=O)Nc1ccc(F)cc1. The van der Waals surface area contributed by atoms with Crippen LogP contribution in [0.5, 0.6) is 0 Å². The summed E-state index contributed by atoms with van der Waals surface area (Å²) in [4.78, 5) is 29.0. The molecule has 4 rings (SSSR count). The van der Waals surface area contributed by atoms with E-state index in [9.17, 15) is 19.1 Å². The first-order chi connectivity index (χ1) is 14.5. The van der Waals surface area contributed by atoms with E-state index in [1.54, 1.807) is 9.80 Å². The first-order valence-corrected chi connectivity index (χ1v) is 10.1. The van der Waals surface area contributed by atoms with Crippen molar-refractivity contribution in [3.63, 3.8) is 0 Å². The molecule has 0 radical (unpaired) electrons. The normalized spacial score (nSPS) is 21.9. The molecular formula is C22H25FN4O3. The van der Waals surface area contributed by atoms with E-state index in [1.165, 1.54) is 24.3 Å². The van der Waals surface area contributed by atoms with E-state index in [4.69, 9.17) is 0 Å². The number of nitrogens with zero attached hydrogens (tertiary/aromatic N) is 2. The minimum Gasteiger partial charge on any atom is -0.394 e. The van der Waals surface area contributed by atoms with E-state index < -0.39 is 6.04 Å². The van der Waals surface area contributed by atoms with Crippen LogP contribution in [0.3, 0.4) is 0 Å². The fourth-order valence-corrected chi connectivity index (χ4v) is 4.41. The van der Waals surface area contributed by atoms with Crippen LogP contribution in [0.4, 0.5) is 25.4 Å². The van der Waals surface area contributed by atoms with Gasteiger partial charge in [0.2, 0.25) is 0 Å². The highest BCUT2D eigenvalue weighted by Crippen LogP contribution is 2.48. The highest BCUT2D eigenvalue weighted by molar-refractivity contribution is 5.95. The molecule has 3 N–H and O–H groups in total. The number of aliphatic hydroxyl groups is 1. The van der Waals surface area contributed by atoms with Crippen molar-refractivity contribution in [3.8, 4) is 0 Å². The fraction of sp³-hybridized carbons (Fsp3) is 0.364. The summed E-state index contributed by atoms with van der Waals surface area (Å²) in [6.07, 6.45) is 0.825. The number of fused-ring (bicyclic) bond motifs is 3. The smallest absolute Gasteiger partial charge is 0.322 e. The number of anilines is 2. The third-order valence-electron chi connectivity index (χ3n) is 5.79. The molecule has 1 fully saturated rings. The average molecular weight is 412 g/mol. The summed E-state index contributed by atoms with van der Waals surface area (Å²) in [6, 6.07) is 11.9. The Morgan fingerprint density at radius 3 is 2.57 bits per heavy atom. The van der Waals surface area contributed by atoms with Gasteiger partial charge in [0.25, 0.3) is 0 Å². The molecule has 3 atom stereocenters. The number of benzene rings is 2. The van der Waals surface area contributed by atoms with Gasteiger partial charge >= 0.3 is 12.1 Å². The van der Waals surface area contributed by atoms with Crippen LogP contribution >= 0.6 is 0 Å². The third kappa shape index (κ3) is 3.47. The first-order valence-electron chi connectivity index (χ1n) is 10.1. The molecule has 2 heterocycles. The van der Waals surface area contributed by atoms with Gasteiger partial charge in [0.05, 0.1) is 18.7 Å². The minimum atomic E-state index is -0.391. The van der Waals surface area contributed by atoms with Gasteiger partial charge in [-0.1, -0.05) is 25.1 Å². The van der Waals surface area contributed by atoms with Crippen LogP contribution in [0, 0.1) is 5.82 Å². The lowest BCUT2D eigenvalue weighted by Crippen LogP contribution is -2.71. The summed E-state index contributed by atoms with van der Waals surface area (Å²) in [6.45, 7) is 2.71. The Bertz CT molecular complexity index is 936. The zero-order chi connectivity index (χ0) is 21.3. The maximum absolute atomic E-state index is 13.1. The minimum absolute atomic E-state index is 0.0552. The van der Waals surface area contributed by atoms with Crippen molar-refractivity contribution in [2.24, 2.45) is 0 Å². The monoisotopic (exact) mass is 412 g/mol. The largest absolute Gasteiger partial charge is 0.394 e. The highest BCUT2D eigenvalue weighted by Gasteiger charge is 2.55. The maximum Gasteiger partial charge on any atom is 0.322 e. The Morgan fingerprint density at radius 2 is 1.87 bits per heavy atom. The Labute approximate surface area is 174 Å². The molecule has 2 aliphatic heterocycles. The number of para-hydroxylation sites is 1. The number of hydrogen-bond donors (Lipinski definition) is 3. The first kappa shape index (κ1) is 20.2. The van der Waals surface area contributed by atoms with Gasteiger partial charge in [-0.3, -0.25) is 4.90 Å². The molecular weight excluding hydrogens is 387 g/mol. The van der Waals surface area contributed by atoms with Crippen molar-refractivity contribution in [1.29, 1.82) is 0 Å². The Balaban J connectivity index is 1.59. The number of amides is 4. The molecule has 0 unspecified atom stereocenters. The maximum atomic E-state index is 13.1. The molecule has 2 aromatic carbocycles. The van der Waals surface area contributed by atoms with Gasteiger partial charge in [-0.05, 0) is 42.3 Å². The van der Waals surface area contributed by atoms with Gasteiger partial charge in [0.15, 0.2) is 0 Å². The van der Waals surface area contributed by atoms with Crippen LogP contribution in [0.1, 0.15) is 24.8 Å². The summed E-state index contributed by atoms with van der Waals surface area (Å²) in [5.74, 6) is -0.441. The van der Waals surface area contributed by atoms with Crippen LogP contribution in [0.15, 0.2) is 48.5 Å². The second-order valence-electron chi connectivity index (χ2n) is 7.59. The van der Waals surface area contributed by atoms with E-state index in [0.29, 0.717) is 18.8 Å². The van der Waals surface area contributed by atoms with Gasteiger partial charge in [0.1, 0.15) is 5.82 Å². The van der Waals surface area contributed by atoms with Crippen molar-refractivity contribution in [2.75, 3.05) is 29.9 Å². The number of likely N-dealkylation sites (tertiary alicyclic amines) is 1. The summed E-state index contributed by atoms with van der Waals surface area (Å²) in [5, 5.41) is 15.7. The number of halogens is 1. The second-order valence-corrected chi connectivity index (χ2v) is 7.59. The topological polar surface area (TPSA) is 84.9 Å². The number of nitrogens with one attached hydrogen (secondary N) is 2. The highest BCUT2D eigenvalue weighted by atomic mass is 19.1. The summed E-state index contributed by atoms with van der Waals surface area (Å²) < 4.78 is 13.1. The molecule has 158 valence electrons. The summed E-state index contributed by atoms with van der Waals surface area (Å²) in [5.41, 5.74) is 2.23. The molecule has 0 saturated carbocycles. The Morgan fingerprint density at radius 1 is 1.13 bits per heavy atom. The number of urea groups is 2. The predicted molar refractivity (Wildman–Crippen MR) is 112 cm³/mol. The fourth-order valence-electron chi connectivity index (χ4n) is 4.41. The molecule has 0 bridgehead atoms. The number of carbonyl (C=O) groups is 2. The lowest BCUT2D eigenvalue weighted by Gasteiger charge is -2.58. The average Bonchev–Trinajstić information content (AvgIpc) is 2.74. The van der Waals surface area contributed by atoms with Crippen LogP contribution in [-0.2, 0) is 0 Å². The quantitative estimate of drug-likeness (QED) is 0.721. The van der Waals surface area contributed by atoms with Crippen LogP contribution < -0.4 is 15.5 Å². The molecule has 1 saturated heterocycles. The zero-order valence-corrected chi connectivity index (χ0v) is 16.7. The molecule has 2 aromatic rings. The zero-order valence-electron chi connectivity index (χ0n) is 16.7. The lowest BCUT2D eigenvalue weighted by molar-refractivity contribution is -0.00195.